The Labute approximate surface area is 108 Å². The number of aromatic hydroxyl groups is 1. The number of nitriles is 1. The first-order valence-electron chi connectivity index (χ1n) is 6.69. The number of nitrogens with zero attached hydrogens (tertiary/aromatic N) is 1. The van der Waals surface area contributed by atoms with Crippen molar-refractivity contribution in [2.24, 2.45) is 5.92 Å². The van der Waals surface area contributed by atoms with Crippen LogP contribution in [0.15, 0.2) is 24.3 Å². The number of benzene rings is 1. The monoisotopic (exact) mass is 244 g/mol. The van der Waals surface area contributed by atoms with Crippen molar-refractivity contribution in [1.29, 1.82) is 5.26 Å². The van der Waals surface area contributed by atoms with E-state index in [1.165, 1.54) is 5.56 Å². The minimum Gasteiger partial charge on any atom is -0.508 e. The lowest BCUT2D eigenvalue weighted by Crippen LogP contribution is -2.34. The molecule has 1 aliphatic carbocycles. The van der Waals surface area contributed by atoms with Crippen molar-refractivity contribution < 1.29 is 5.11 Å². The van der Waals surface area contributed by atoms with Gasteiger partial charge < -0.3 is 10.4 Å². The van der Waals surface area contributed by atoms with Gasteiger partial charge in [0.1, 0.15) is 5.75 Å². The van der Waals surface area contributed by atoms with E-state index in [4.69, 9.17) is 5.26 Å². The zero-order valence-corrected chi connectivity index (χ0v) is 10.8. The molecule has 1 aromatic rings. The molecule has 1 aromatic carbocycles. The van der Waals surface area contributed by atoms with Crippen LogP contribution in [-0.4, -0.2) is 11.1 Å². The Morgan fingerprint density at radius 2 is 2.11 bits per heavy atom. The molecule has 3 atom stereocenters. The summed E-state index contributed by atoms with van der Waals surface area (Å²) in [7, 11) is 0. The summed E-state index contributed by atoms with van der Waals surface area (Å²) >= 11 is 0. The van der Waals surface area contributed by atoms with Crippen molar-refractivity contribution in [3.05, 3.63) is 29.8 Å². The van der Waals surface area contributed by atoms with Crippen LogP contribution in [0.2, 0.25) is 0 Å². The third-order valence-electron chi connectivity index (χ3n) is 3.80. The van der Waals surface area contributed by atoms with Crippen molar-refractivity contribution in [3.63, 3.8) is 0 Å². The van der Waals surface area contributed by atoms with Crippen LogP contribution in [-0.2, 0) is 0 Å². The van der Waals surface area contributed by atoms with Crippen LogP contribution >= 0.6 is 0 Å². The summed E-state index contributed by atoms with van der Waals surface area (Å²) in [5.74, 6) is 0.445. The summed E-state index contributed by atoms with van der Waals surface area (Å²) in [4.78, 5) is 0. The number of rotatable bonds is 4. The van der Waals surface area contributed by atoms with Crippen LogP contribution in [0.5, 0.6) is 5.75 Å². The molecule has 3 nitrogen and oxygen atoms in total. The fourth-order valence-corrected chi connectivity index (χ4v) is 2.73. The van der Waals surface area contributed by atoms with Gasteiger partial charge >= 0.3 is 0 Å². The summed E-state index contributed by atoms with van der Waals surface area (Å²) in [5, 5.41) is 22.0. The fourth-order valence-electron chi connectivity index (χ4n) is 2.73. The largest absolute Gasteiger partial charge is 0.508 e. The molecule has 2 rings (SSSR count). The molecule has 0 radical (unpaired) electrons. The van der Waals surface area contributed by atoms with E-state index in [0.29, 0.717) is 11.8 Å². The second-order valence-electron chi connectivity index (χ2n) is 4.99. The fraction of sp³-hybridized carbons (Fsp3) is 0.533. The van der Waals surface area contributed by atoms with Gasteiger partial charge in [0.15, 0.2) is 0 Å². The smallest absolute Gasteiger partial charge is 0.115 e. The molecule has 0 spiro atoms. The summed E-state index contributed by atoms with van der Waals surface area (Å²) < 4.78 is 0. The maximum absolute atomic E-state index is 9.31. The Kier molecular flexibility index (Phi) is 4.22. The summed E-state index contributed by atoms with van der Waals surface area (Å²) in [6.45, 7) is 2.14. The number of hydrogen-bond acceptors (Lipinski definition) is 3. The predicted octanol–water partition coefficient (Wildman–Crippen LogP) is 3.13. The van der Waals surface area contributed by atoms with E-state index in [2.05, 4.69) is 18.3 Å². The average Bonchev–Trinajstić information content (AvgIpc) is 2.84. The molecule has 1 fully saturated rings. The first kappa shape index (κ1) is 12.9. The third-order valence-corrected chi connectivity index (χ3v) is 3.80. The van der Waals surface area contributed by atoms with Crippen LogP contribution in [0.25, 0.3) is 0 Å². The lowest BCUT2D eigenvalue weighted by Gasteiger charge is -2.24. The van der Waals surface area contributed by atoms with Crippen LogP contribution in [0.4, 0.5) is 0 Å². The molecular weight excluding hydrogens is 224 g/mol. The second-order valence-corrected chi connectivity index (χ2v) is 4.99. The molecule has 0 bridgehead atoms. The molecule has 3 heteroatoms. The Hall–Kier alpha value is -1.53. The minimum atomic E-state index is 0.149. The second kappa shape index (κ2) is 5.88. The highest BCUT2D eigenvalue weighted by atomic mass is 16.3. The molecule has 0 aromatic heterocycles. The van der Waals surface area contributed by atoms with E-state index in [9.17, 15) is 5.11 Å². The predicted molar refractivity (Wildman–Crippen MR) is 71.0 cm³/mol. The first-order chi connectivity index (χ1) is 8.74. The first-order valence-corrected chi connectivity index (χ1v) is 6.69. The average molecular weight is 244 g/mol. The van der Waals surface area contributed by atoms with Gasteiger partial charge in [-0.1, -0.05) is 25.5 Å². The minimum absolute atomic E-state index is 0.149. The van der Waals surface area contributed by atoms with E-state index >= 15 is 0 Å². The zero-order valence-electron chi connectivity index (χ0n) is 10.8. The highest BCUT2D eigenvalue weighted by Crippen LogP contribution is 2.28. The third kappa shape index (κ3) is 2.83. The Bertz CT molecular complexity index is 421. The summed E-state index contributed by atoms with van der Waals surface area (Å²) in [6, 6.07) is 10.3. The molecule has 2 N–H and O–H groups in total. The van der Waals surface area contributed by atoms with E-state index in [1.807, 2.05) is 12.1 Å². The zero-order chi connectivity index (χ0) is 13.0. The SMILES string of the molecule is CCC(NC1CCCC1C#N)c1ccc(O)cc1. The Morgan fingerprint density at radius 1 is 1.39 bits per heavy atom. The van der Waals surface area contributed by atoms with Gasteiger partial charge in [-0.2, -0.15) is 5.26 Å². The van der Waals surface area contributed by atoms with Gasteiger partial charge in [0.2, 0.25) is 0 Å². The van der Waals surface area contributed by atoms with E-state index in [-0.39, 0.29) is 12.0 Å². The molecule has 96 valence electrons. The van der Waals surface area contributed by atoms with E-state index < -0.39 is 0 Å². The van der Waals surface area contributed by atoms with Crippen LogP contribution < -0.4 is 5.32 Å². The lowest BCUT2D eigenvalue weighted by atomic mass is 10.00. The summed E-state index contributed by atoms with van der Waals surface area (Å²) in [6.07, 6.45) is 4.23. The van der Waals surface area contributed by atoms with Gasteiger partial charge in [0.25, 0.3) is 0 Å². The molecular formula is C15H20N2O. The molecule has 18 heavy (non-hydrogen) atoms. The molecule has 0 amide bonds. The number of phenolic OH excluding ortho intramolecular Hbond substituents is 1. The molecule has 0 aliphatic heterocycles. The van der Waals surface area contributed by atoms with Gasteiger partial charge in [-0.3, -0.25) is 0 Å². The van der Waals surface area contributed by atoms with Crippen molar-refractivity contribution in [2.45, 2.75) is 44.7 Å². The van der Waals surface area contributed by atoms with Gasteiger partial charge in [-0.15, -0.1) is 0 Å². The number of hydrogen-bond donors (Lipinski definition) is 2. The quantitative estimate of drug-likeness (QED) is 0.855. The topological polar surface area (TPSA) is 56.0 Å². The van der Waals surface area contributed by atoms with Crippen molar-refractivity contribution in [1.82, 2.24) is 5.32 Å². The molecule has 1 aliphatic rings. The van der Waals surface area contributed by atoms with Gasteiger partial charge in [-0.05, 0) is 37.0 Å². The Balaban J connectivity index is 2.05. The van der Waals surface area contributed by atoms with E-state index in [1.54, 1.807) is 12.1 Å². The number of nitrogens with one attached hydrogen (secondary N) is 1. The normalized spacial score (nSPS) is 24.7. The number of phenols is 1. The van der Waals surface area contributed by atoms with Gasteiger partial charge in [0.05, 0.1) is 12.0 Å². The standard InChI is InChI=1S/C15H20N2O/c1-2-14(11-6-8-13(18)9-7-11)17-15-5-3-4-12(15)10-16/h6-9,12,14-15,17-18H,2-5H2,1H3. The molecule has 0 saturated heterocycles. The maximum atomic E-state index is 9.31. The van der Waals surface area contributed by atoms with E-state index in [0.717, 1.165) is 25.7 Å². The van der Waals surface area contributed by atoms with Crippen LogP contribution in [0.1, 0.15) is 44.2 Å². The highest BCUT2D eigenvalue weighted by molar-refractivity contribution is 5.28. The van der Waals surface area contributed by atoms with Crippen molar-refractivity contribution in [3.8, 4) is 11.8 Å². The van der Waals surface area contributed by atoms with Crippen LogP contribution in [0.3, 0.4) is 0 Å². The summed E-state index contributed by atoms with van der Waals surface area (Å²) in [5.41, 5.74) is 1.18. The Morgan fingerprint density at radius 3 is 2.72 bits per heavy atom. The molecule has 3 unspecified atom stereocenters. The van der Waals surface area contributed by atoms with Crippen molar-refractivity contribution in [2.75, 3.05) is 0 Å². The maximum Gasteiger partial charge on any atom is 0.115 e. The lowest BCUT2D eigenvalue weighted by molar-refractivity contribution is 0.394. The van der Waals surface area contributed by atoms with Gasteiger partial charge in [0, 0.05) is 12.1 Å². The van der Waals surface area contributed by atoms with Crippen LogP contribution in [0, 0.1) is 17.2 Å². The van der Waals surface area contributed by atoms with Crippen molar-refractivity contribution >= 4 is 0 Å². The molecule has 0 heterocycles. The highest BCUT2D eigenvalue weighted by Gasteiger charge is 2.28. The van der Waals surface area contributed by atoms with Gasteiger partial charge in [-0.25, -0.2) is 0 Å². The molecule has 1 saturated carbocycles.